The van der Waals surface area contributed by atoms with Crippen molar-refractivity contribution in [1.82, 2.24) is 15.5 Å². The van der Waals surface area contributed by atoms with Crippen molar-refractivity contribution in [3.05, 3.63) is 64.9 Å². The zero-order valence-corrected chi connectivity index (χ0v) is 17.3. The minimum atomic E-state index is -0.511. The van der Waals surface area contributed by atoms with Crippen LogP contribution in [-0.4, -0.2) is 55.1 Å². The van der Waals surface area contributed by atoms with Crippen molar-refractivity contribution in [3.63, 3.8) is 0 Å². The summed E-state index contributed by atoms with van der Waals surface area (Å²) in [5.41, 5.74) is 0.799. The lowest BCUT2D eigenvalue weighted by Gasteiger charge is -2.43. The summed E-state index contributed by atoms with van der Waals surface area (Å²) in [6.07, 6.45) is 1.46. The summed E-state index contributed by atoms with van der Waals surface area (Å²) in [5, 5.41) is 5.93. The topological polar surface area (TPSA) is 64.7 Å². The van der Waals surface area contributed by atoms with Crippen molar-refractivity contribution in [2.45, 2.75) is 18.4 Å². The lowest BCUT2D eigenvalue weighted by atomic mass is 9.85. The summed E-state index contributed by atoms with van der Waals surface area (Å²) in [7, 11) is 0. The predicted octanol–water partition coefficient (Wildman–Crippen LogP) is 2.64. The van der Waals surface area contributed by atoms with Crippen LogP contribution in [0.25, 0.3) is 0 Å². The van der Waals surface area contributed by atoms with Crippen molar-refractivity contribution >= 4 is 29.1 Å². The number of para-hydroxylation sites is 1. The van der Waals surface area contributed by atoms with Crippen LogP contribution in [0.3, 0.4) is 0 Å². The van der Waals surface area contributed by atoms with Crippen molar-refractivity contribution < 1.29 is 14.0 Å². The van der Waals surface area contributed by atoms with Crippen LogP contribution in [0.1, 0.15) is 23.2 Å². The zero-order chi connectivity index (χ0) is 21.1. The quantitative estimate of drug-likeness (QED) is 0.765. The van der Waals surface area contributed by atoms with E-state index in [9.17, 15) is 14.0 Å². The molecule has 0 unspecified atom stereocenters. The van der Waals surface area contributed by atoms with Crippen LogP contribution in [0.2, 0.25) is 5.02 Å². The Hall–Kier alpha value is -2.64. The molecule has 0 radical (unpaired) electrons. The summed E-state index contributed by atoms with van der Waals surface area (Å²) in [6.45, 7) is 3.19. The minimum absolute atomic E-state index is 0.0882. The highest BCUT2D eigenvalue weighted by Crippen LogP contribution is 2.36. The summed E-state index contributed by atoms with van der Waals surface area (Å²) in [5.74, 6) is -0.705. The molecule has 30 heavy (non-hydrogen) atoms. The minimum Gasteiger partial charge on any atom is -0.351 e. The molecule has 6 nitrogen and oxygen atoms in total. The zero-order valence-electron chi connectivity index (χ0n) is 16.5. The largest absolute Gasteiger partial charge is 0.351 e. The van der Waals surface area contributed by atoms with Gasteiger partial charge in [-0.15, -0.1) is 0 Å². The van der Waals surface area contributed by atoms with Gasteiger partial charge >= 0.3 is 0 Å². The predicted molar refractivity (Wildman–Crippen MR) is 114 cm³/mol. The number of anilines is 1. The molecule has 2 heterocycles. The van der Waals surface area contributed by atoms with Gasteiger partial charge in [-0.05, 0) is 43.2 Å². The second-order valence-corrected chi connectivity index (χ2v) is 8.09. The molecule has 2 aliphatic heterocycles. The monoisotopic (exact) mass is 430 g/mol. The lowest BCUT2D eigenvalue weighted by Crippen LogP contribution is -2.57. The van der Waals surface area contributed by atoms with Gasteiger partial charge in [0.15, 0.2) is 0 Å². The summed E-state index contributed by atoms with van der Waals surface area (Å²) >= 11 is 5.95. The molecule has 2 fully saturated rings. The van der Waals surface area contributed by atoms with Gasteiger partial charge in [-0.2, -0.15) is 0 Å². The van der Waals surface area contributed by atoms with Gasteiger partial charge < -0.3 is 20.4 Å². The fraction of sp³-hybridized carbons (Fsp3) is 0.364. The molecule has 0 aromatic heterocycles. The first kappa shape index (κ1) is 20.6. The van der Waals surface area contributed by atoms with Gasteiger partial charge in [0, 0.05) is 31.9 Å². The Labute approximate surface area is 180 Å². The standard InChI is InChI=1S/C22H24ClFN4O2/c23-19-14-16(24)6-7-18(19)20(29)25-10-13-27-11-8-22(9-12-27)21(30)26-15-28(22)17-4-2-1-3-5-17/h1-7,14H,8-13,15H2,(H,25,29)(H,26,30). The number of carbonyl (C=O) groups excluding carboxylic acids is 2. The number of carbonyl (C=O) groups is 2. The van der Waals surface area contributed by atoms with Crippen molar-refractivity contribution in [1.29, 1.82) is 0 Å². The lowest BCUT2D eigenvalue weighted by molar-refractivity contribution is -0.125. The van der Waals surface area contributed by atoms with Gasteiger partial charge in [0.25, 0.3) is 5.91 Å². The summed E-state index contributed by atoms with van der Waals surface area (Å²) in [4.78, 5) is 29.4. The van der Waals surface area contributed by atoms with E-state index in [4.69, 9.17) is 11.6 Å². The molecular weight excluding hydrogens is 407 g/mol. The SMILES string of the molecule is O=C(NCCN1CCC2(CC1)C(=O)NCN2c1ccccc1)c1ccc(F)cc1Cl. The number of nitrogens with zero attached hydrogens (tertiary/aromatic N) is 2. The van der Waals surface area contributed by atoms with E-state index in [0.717, 1.165) is 37.7 Å². The van der Waals surface area contributed by atoms with E-state index < -0.39 is 11.4 Å². The molecule has 2 aliphatic rings. The highest BCUT2D eigenvalue weighted by Gasteiger charge is 2.50. The fourth-order valence-corrected chi connectivity index (χ4v) is 4.53. The first-order valence-corrected chi connectivity index (χ1v) is 10.4. The van der Waals surface area contributed by atoms with Gasteiger partial charge in [0.1, 0.15) is 11.4 Å². The molecule has 0 saturated carbocycles. The van der Waals surface area contributed by atoms with E-state index in [0.29, 0.717) is 19.8 Å². The van der Waals surface area contributed by atoms with Crippen LogP contribution in [0, 0.1) is 5.82 Å². The molecule has 158 valence electrons. The highest BCUT2D eigenvalue weighted by atomic mass is 35.5. The summed E-state index contributed by atoms with van der Waals surface area (Å²) < 4.78 is 13.1. The summed E-state index contributed by atoms with van der Waals surface area (Å²) in [6, 6.07) is 13.7. The number of nitrogens with one attached hydrogen (secondary N) is 2. The maximum atomic E-state index is 13.1. The Morgan fingerprint density at radius 1 is 1.17 bits per heavy atom. The Morgan fingerprint density at radius 2 is 1.90 bits per heavy atom. The first-order chi connectivity index (χ1) is 14.5. The van der Waals surface area contributed by atoms with Crippen molar-refractivity contribution in [2.75, 3.05) is 37.7 Å². The van der Waals surface area contributed by atoms with Crippen LogP contribution in [0.4, 0.5) is 10.1 Å². The molecule has 2 amide bonds. The van der Waals surface area contributed by atoms with E-state index in [1.165, 1.54) is 12.1 Å². The molecule has 2 aromatic carbocycles. The maximum Gasteiger partial charge on any atom is 0.252 e. The van der Waals surface area contributed by atoms with Crippen LogP contribution in [0.5, 0.6) is 0 Å². The van der Waals surface area contributed by atoms with Gasteiger partial charge in [-0.25, -0.2) is 4.39 Å². The number of likely N-dealkylation sites (tertiary alicyclic amines) is 1. The highest BCUT2D eigenvalue weighted by molar-refractivity contribution is 6.33. The van der Waals surface area contributed by atoms with Crippen LogP contribution in [-0.2, 0) is 4.79 Å². The molecule has 0 atom stereocenters. The number of benzene rings is 2. The second-order valence-electron chi connectivity index (χ2n) is 7.68. The van der Waals surface area contributed by atoms with Gasteiger partial charge in [0.05, 0.1) is 17.3 Å². The number of amides is 2. The third kappa shape index (κ3) is 4.00. The molecule has 4 rings (SSSR count). The van der Waals surface area contributed by atoms with Crippen molar-refractivity contribution in [3.8, 4) is 0 Å². The number of hydrogen-bond donors (Lipinski definition) is 2. The molecule has 0 bridgehead atoms. The van der Waals surface area contributed by atoms with Gasteiger partial charge in [-0.1, -0.05) is 29.8 Å². The van der Waals surface area contributed by atoms with E-state index in [1.54, 1.807) is 0 Å². The number of rotatable bonds is 5. The molecule has 1 spiro atoms. The van der Waals surface area contributed by atoms with E-state index >= 15 is 0 Å². The third-order valence-electron chi connectivity index (χ3n) is 5.98. The third-order valence-corrected chi connectivity index (χ3v) is 6.29. The molecule has 2 saturated heterocycles. The molecule has 0 aliphatic carbocycles. The van der Waals surface area contributed by atoms with E-state index in [1.807, 2.05) is 30.3 Å². The van der Waals surface area contributed by atoms with Crippen LogP contribution >= 0.6 is 11.6 Å². The fourth-order valence-electron chi connectivity index (χ4n) is 4.28. The first-order valence-electron chi connectivity index (χ1n) is 10.1. The Bertz CT molecular complexity index is 932. The van der Waals surface area contributed by atoms with Crippen LogP contribution in [0.15, 0.2) is 48.5 Å². The average Bonchev–Trinajstić information content (AvgIpc) is 3.06. The normalized spacial score (nSPS) is 18.5. The molecule has 2 aromatic rings. The number of piperidine rings is 1. The molecule has 2 N–H and O–H groups in total. The Balaban J connectivity index is 1.31. The van der Waals surface area contributed by atoms with Crippen LogP contribution < -0.4 is 15.5 Å². The molecule has 8 heteroatoms. The van der Waals surface area contributed by atoms with E-state index in [-0.39, 0.29) is 22.4 Å². The Kier molecular flexibility index (Phi) is 5.92. The Morgan fingerprint density at radius 3 is 2.60 bits per heavy atom. The van der Waals surface area contributed by atoms with E-state index in [2.05, 4.69) is 20.4 Å². The average molecular weight is 431 g/mol. The smallest absolute Gasteiger partial charge is 0.252 e. The molecular formula is C22H24ClFN4O2. The maximum absolute atomic E-state index is 13.1. The second kappa shape index (κ2) is 8.62. The number of halogens is 2. The van der Waals surface area contributed by atoms with Crippen molar-refractivity contribution in [2.24, 2.45) is 0 Å². The van der Waals surface area contributed by atoms with Gasteiger partial charge in [0.2, 0.25) is 5.91 Å². The number of hydrogen-bond acceptors (Lipinski definition) is 4. The van der Waals surface area contributed by atoms with Gasteiger partial charge in [-0.3, -0.25) is 9.59 Å².